The molecule has 0 atom stereocenters. The number of carbonyl (C=O) groups is 1. The third-order valence-electron chi connectivity index (χ3n) is 2.88. The molecular weight excluding hydrogens is 245 g/mol. The Balaban J connectivity index is 2.44. The van der Waals surface area contributed by atoms with Gasteiger partial charge < -0.3 is 10.4 Å². The standard InChI is InChI=1S/C15H14FNO2/c1-9-6-7-12(10(2)8-9)17-13-5-3-4-11(16)14(13)15(18)19/h3-8,17H,1-2H3,(H,18,19). The second-order valence-corrected chi connectivity index (χ2v) is 4.41. The molecular formula is C15H14FNO2. The van der Waals surface area contributed by atoms with Crippen LogP contribution < -0.4 is 5.32 Å². The van der Waals surface area contributed by atoms with Crippen LogP contribution in [-0.4, -0.2) is 11.1 Å². The molecule has 0 saturated heterocycles. The molecule has 0 saturated carbocycles. The zero-order valence-electron chi connectivity index (χ0n) is 10.7. The van der Waals surface area contributed by atoms with Gasteiger partial charge in [-0.2, -0.15) is 0 Å². The predicted octanol–water partition coefficient (Wildman–Crippen LogP) is 3.88. The van der Waals surface area contributed by atoms with E-state index in [1.807, 2.05) is 32.0 Å². The molecule has 19 heavy (non-hydrogen) atoms. The van der Waals surface area contributed by atoms with E-state index < -0.39 is 11.8 Å². The second kappa shape index (κ2) is 5.10. The van der Waals surface area contributed by atoms with Crippen molar-refractivity contribution in [2.75, 3.05) is 5.32 Å². The van der Waals surface area contributed by atoms with Gasteiger partial charge in [-0.1, -0.05) is 23.8 Å². The number of carboxylic acids is 1. The predicted molar refractivity (Wildman–Crippen MR) is 72.6 cm³/mol. The monoisotopic (exact) mass is 259 g/mol. The average Bonchev–Trinajstić information content (AvgIpc) is 2.32. The van der Waals surface area contributed by atoms with Gasteiger partial charge in [0.05, 0.1) is 5.69 Å². The average molecular weight is 259 g/mol. The van der Waals surface area contributed by atoms with Crippen LogP contribution in [0.25, 0.3) is 0 Å². The Morgan fingerprint density at radius 2 is 1.89 bits per heavy atom. The van der Waals surface area contributed by atoms with Crippen molar-refractivity contribution >= 4 is 17.3 Å². The van der Waals surface area contributed by atoms with E-state index in [4.69, 9.17) is 5.11 Å². The largest absolute Gasteiger partial charge is 0.478 e. The van der Waals surface area contributed by atoms with E-state index in [1.165, 1.54) is 6.07 Å². The minimum absolute atomic E-state index is 0.249. The first kappa shape index (κ1) is 13.1. The first-order chi connectivity index (χ1) is 8.99. The van der Waals surface area contributed by atoms with Crippen molar-refractivity contribution in [1.82, 2.24) is 0 Å². The summed E-state index contributed by atoms with van der Waals surface area (Å²) in [7, 11) is 0. The first-order valence-electron chi connectivity index (χ1n) is 5.85. The Labute approximate surface area is 110 Å². The van der Waals surface area contributed by atoms with Crippen molar-refractivity contribution in [3.63, 3.8) is 0 Å². The Morgan fingerprint density at radius 1 is 1.16 bits per heavy atom. The summed E-state index contributed by atoms with van der Waals surface area (Å²) in [5.74, 6) is -2.03. The number of hydrogen-bond acceptors (Lipinski definition) is 2. The van der Waals surface area contributed by atoms with Gasteiger partial charge in [0.25, 0.3) is 0 Å². The van der Waals surface area contributed by atoms with Crippen molar-refractivity contribution in [1.29, 1.82) is 0 Å². The Bertz CT molecular complexity index is 638. The van der Waals surface area contributed by atoms with Gasteiger partial charge in [0, 0.05) is 5.69 Å². The molecule has 2 aromatic carbocycles. The molecule has 0 aromatic heterocycles. The number of carboxylic acid groups (broad SMARTS) is 1. The van der Waals surface area contributed by atoms with Crippen LogP contribution >= 0.6 is 0 Å². The van der Waals surface area contributed by atoms with Crippen molar-refractivity contribution in [2.24, 2.45) is 0 Å². The summed E-state index contributed by atoms with van der Waals surface area (Å²) in [6.45, 7) is 3.89. The lowest BCUT2D eigenvalue weighted by molar-refractivity contribution is 0.0693. The van der Waals surface area contributed by atoms with Crippen LogP contribution in [0.5, 0.6) is 0 Å². The van der Waals surface area contributed by atoms with Crippen LogP contribution in [0.2, 0.25) is 0 Å². The second-order valence-electron chi connectivity index (χ2n) is 4.41. The minimum Gasteiger partial charge on any atom is -0.478 e. The Hall–Kier alpha value is -2.36. The number of aryl methyl sites for hydroxylation is 2. The van der Waals surface area contributed by atoms with E-state index in [2.05, 4.69) is 5.32 Å². The van der Waals surface area contributed by atoms with Crippen molar-refractivity contribution < 1.29 is 14.3 Å². The van der Waals surface area contributed by atoms with E-state index in [0.717, 1.165) is 22.9 Å². The van der Waals surface area contributed by atoms with Crippen LogP contribution in [0, 0.1) is 19.7 Å². The highest BCUT2D eigenvalue weighted by molar-refractivity contribution is 5.95. The Morgan fingerprint density at radius 3 is 2.53 bits per heavy atom. The Kier molecular flexibility index (Phi) is 3.51. The summed E-state index contributed by atoms with van der Waals surface area (Å²) < 4.78 is 13.5. The number of benzene rings is 2. The summed E-state index contributed by atoms with van der Waals surface area (Å²) in [4.78, 5) is 11.1. The molecule has 0 bridgehead atoms. The van der Waals surface area contributed by atoms with E-state index >= 15 is 0 Å². The number of hydrogen-bond donors (Lipinski definition) is 2. The lowest BCUT2D eigenvalue weighted by atomic mass is 10.1. The molecule has 2 rings (SSSR count). The minimum atomic E-state index is -1.29. The molecule has 0 aliphatic carbocycles. The normalized spacial score (nSPS) is 10.3. The fourth-order valence-electron chi connectivity index (χ4n) is 1.94. The molecule has 0 spiro atoms. The smallest absolute Gasteiger partial charge is 0.340 e. The number of aromatic carboxylic acids is 1. The molecule has 0 unspecified atom stereocenters. The van der Waals surface area contributed by atoms with E-state index in [0.29, 0.717) is 0 Å². The number of rotatable bonds is 3. The third kappa shape index (κ3) is 2.73. The van der Waals surface area contributed by atoms with Gasteiger partial charge in [0.15, 0.2) is 0 Å². The van der Waals surface area contributed by atoms with Crippen molar-refractivity contribution in [3.8, 4) is 0 Å². The highest BCUT2D eigenvalue weighted by atomic mass is 19.1. The summed E-state index contributed by atoms with van der Waals surface area (Å²) >= 11 is 0. The molecule has 0 fully saturated rings. The zero-order chi connectivity index (χ0) is 14.0. The van der Waals surface area contributed by atoms with Crippen LogP contribution in [0.4, 0.5) is 15.8 Å². The lowest BCUT2D eigenvalue weighted by Gasteiger charge is -2.12. The fourth-order valence-corrected chi connectivity index (χ4v) is 1.94. The summed E-state index contributed by atoms with van der Waals surface area (Å²) in [6.07, 6.45) is 0. The zero-order valence-corrected chi connectivity index (χ0v) is 10.7. The third-order valence-corrected chi connectivity index (χ3v) is 2.88. The van der Waals surface area contributed by atoms with Gasteiger partial charge in [-0.25, -0.2) is 9.18 Å². The topological polar surface area (TPSA) is 49.3 Å². The summed E-state index contributed by atoms with van der Waals surface area (Å²) in [5, 5.41) is 12.0. The quantitative estimate of drug-likeness (QED) is 0.879. The maximum absolute atomic E-state index is 13.5. The van der Waals surface area contributed by atoms with Crippen LogP contribution in [-0.2, 0) is 0 Å². The fraction of sp³-hybridized carbons (Fsp3) is 0.133. The van der Waals surface area contributed by atoms with E-state index in [1.54, 1.807) is 6.07 Å². The molecule has 0 aliphatic rings. The molecule has 98 valence electrons. The first-order valence-corrected chi connectivity index (χ1v) is 5.85. The van der Waals surface area contributed by atoms with Crippen LogP contribution in [0.15, 0.2) is 36.4 Å². The van der Waals surface area contributed by atoms with Gasteiger partial charge in [0.2, 0.25) is 0 Å². The maximum atomic E-state index is 13.5. The SMILES string of the molecule is Cc1ccc(Nc2cccc(F)c2C(=O)O)c(C)c1. The maximum Gasteiger partial charge on any atom is 0.340 e. The van der Waals surface area contributed by atoms with E-state index in [-0.39, 0.29) is 11.3 Å². The lowest BCUT2D eigenvalue weighted by Crippen LogP contribution is -2.06. The molecule has 0 aliphatic heterocycles. The summed E-state index contributed by atoms with van der Waals surface area (Å²) in [6, 6.07) is 9.90. The van der Waals surface area contributed by atoms with Gasteiger partial charge >= 0.3 is 5.97 Å². The number of nitrogens with one attached hydrogen (secondary N) is 1. The van der Waals surface area contributed by atoms with Gasteiger partial charge in [-0.3, -0.25) is 0 Å². The van der Waals surface area contributed by atoms with Crippen molar-refractivity contribution in [2.45, 2.75) is 13.8 Å². The molecule has 3 nitrogen and oxygen atoms in total. The number of halogens is 1. The number of anilines is 2. The molecule has 0 radical (unpaired) electrons. The molecule has 0 amide bonds. The summed E-state index contributed by atoms with van der Waals surface area (Å²) in [5.41, 5.74) is 2.75. The van der Waals surface area contributed by atoms with Crippen molar-refractivity contribution in [3.05, 3.63) is 58.9 Å². The molecule has 2 aromatic rings. The molecule has 0 heterocycles. The van der Waals surface area contributed by atoms with E-state index in [9.17, 15) is 9.18 Å². The highest BCUT2D eigenvalue weighted by Gasteiger charge is 2.16. The van der Waals surface area contributed by atoms with Crippen LogP contribution in [0.3, 0.4) is 0 Å². The molecule has 2 N–H and O–H groups in total. The highest BCUT2D eigenvalue weighted by Crippen LogP contribution is 2.25. The van der Waals surface area contributed by atoms with Gasteiger partial charge in [0.1, 0.15) is 11.4 Å². The van der Waals surface area contributed by atoms with Gasteiger partial charge in [-0.15, -0.1) is 0 Å². The van der Waals surface area contributed by atoms with Crippen LogP contribution in [0.1, 0.15) is 21.5 Å². The molecule has 4 heteroatoms. The van der Waals surface area contributed by atoms with Gasteiger partial charge in [-0.05, 0) is 37.6 Å².